The number of hydrogen-bond acceptors (Lipinski definition) is 3. The van der Waals surface area contributed by atoms with Crippen LogP contribution in [-0.4, -0.2) is 39.4 Å². The molecule has 2 rings (SSSR count). The Hall–Kier alpha value is -0.620. The smallest absolute Gasteiger partial charge is 0.243 e. The first-order valence-corrected chi connectivity index (χ1v) is 9.25. The molecule has 1 aliphatic rings. The van der Waals surface area contributed by atoms with Gasteiger partial charge in [-0.15, -0.1) is 12.4 Å². The lowest BCUT2D eigenvalue weighted by molar-refractivity contribution is 0.263. The molecule has 0 unspecified atom stereocenters. The highest BCUT2D eigenvalue weighted by Crippen LogP contribution is 2.25. The summed E-state index contributed by atoms with van der Waals surface area (Å²) >= 11 is 0. The highest BCUT2D eigenvalue weighted by atomic mass is 35.5. The molecule has 1 saturated heterocycles. The first-order chi connectivity index (χ1) is 10.1. The number of rotatable bonds is 6. The zero-order chi connectivity index (χ0) is 15.3. The van der Waals surface area contributed by atoms with E-state index in [1.54, 1.807) is 16.4 Å². The van der Waals surface area contributed by atoms with E-state index in [1.807, 2.05) is 19.2 Å². The monoisotopic (exact) mass is 346 g/mol. The molecule has 0 amide bonds. The van der Waals surface area contributed by atoms with Gasteiger partial charge in [0.25, 0.3) is 0 Å². The van der Waals surface area contributed by atoms with Gasteiger partial charge in [-0.05, 0) is 62.9 Å². The summed E-state index contributed by atoms with van der Waals surface area (Å²) in [6.45, 7) is 4.37. The summed E-state index contributed by atoms with van der Waals surface area (Å²) in [4.78, 5) is 0.424. The summed E-state index contributed by atoms with van der Waals surface area (Å²) in [6, 6.07) is 7.29. The Balaban J connectivity index is 0.00000242. The Morgan fingerprint density at radius 1 is 1.18 bits per heavy atom. The molecule has 1 N–H and O–H groups in total. The van der Waals surface area contributed by atoms with E-state index in [-0.39, 0.29) is 12.4 Å². The fourth-order valence-corrected chi connectivity index (χ4v) is 4.30. The van der Waals surface area contributed by atoms with Crippen molar-refractivity contribution in [2.24, 2.45) is 5.92 Å². The lowest BCUT2D eigenvalue weighted by Gasteiger charge is -2.31. The molecule has 0 spiro atoms. The summed E-state index contributed by atoms with van der Waals surface area (Å²) in [5.74, 6) is 0.645. The highest BCUT2D eigenvalue weighted by molar-refractivity contribution is 7.89. The van der Waals surface area contributed by atoms with Gasteiger partial charge in [0.05, 0.1) is 4.90 Å². The van der Waals surface area contributed by atoms with Crippen LogP contribution in [0.25, 0.3) is 0 Å². The van der Waals surface area contributed by atoms with Gasteiger partial charge < -0.3 is 5.32 Å². The van der Waals surface area contributed by atoms with Gasteiger partial charge in [-0.1, -0.05) is 19.1 Å². The zero-order valence-electron chi connectivity index (χ0n) is 13.4. The van der Waals surface area contributed by atoms with Crippen molar-refractivity contribution in [3.63, 3.8) is 0 Å². The fraction of sp³-hybridized carbons (Fsp3) is 0.625. The van der Waals surface area contributed by atoms with Crippen LogP contribution in [0.2, 0.25) is 0 Å². The first-order valence-electron chi connectivity index (χ1n) is 7.81. The third-order valence-corrected chi connectivity index (χ3v) is 6.26. The molecular weight excluding hydrogens is 320 g/mol. The van der Waals surface area contributed by atoms with E-state index in [1.165, 1.54) is 5.56 Å². The maximum Gasteiger partial charge on any atom is 0.243 e. The minimum atomic E-state index is -3.31. The third-order valence-electron chi connectivity index (χ3n) is 4.35. The highest BCUT2D eigenvalue weighted by Gasteiger charge is 2.28. The maximum atomic E-state index is 12.6. The number of piperidine rings is 1. The van der Waals surface area contributed by atoms with Gasteiger partial charge in [-0.2, -0.15) is 4.31 Å². The third kappa shape index (κ3) is 4.69. The van der Waals surface area contributed by atoms with E-state index in [0.717, 1.165) is 32.2 Å². The van der Waals surface area contributed by atoms with E-state index in [9.17, 15) is 8.42 Å². The Kier molecular flexibility index (Phi) is 7.83. The number of sulfonamides is 1. The SMILES string of the molecule is CCc1ccc(S(=O)(=O)N2CCC(CCNC)CC2)cc1.Cl. The summed E-state index contributed by atoms with van der Waals surface area (Å²) in [6.07, 6.45) is 3.99. The van der Waals surface area contributed by atoms with Crippen molar-refractivity contribution in [2.75, 3.05) is 26.7 Å². The van der Waals surface area contributed by atoms with Crippen LogP contribution < -0.4 is 5.32 Å². The van der Waals surface area contributed by atoms with Crippen LogP contribution in [0.4, 0.5) is 0 Å². The second kappa shape index (κ2) is 8.87. The van der Waals surface area contributed by atoms with E-state index >= 15 is 0 Å². The quantitative estimate of drug-likeness (QED) is 0.861. The van der Waals surface area contributed by atoms with Crippen molar-refractivity contribution in [3.8, 4) is 0 Å². The largest absolute Gasteiger partial charge is 0.320 e. The minimum absolute atomic E-state index is 0. The molecule has 0 aliphatic carbocycles. The number of nitrogens with one attached hydrogen (secondary N) is 1. The summed E-state index contributed by atoms with van der Waals surface area (Å²) in [5.41, 5.74) is 1.17. The fourth-order valence-electron chi connectivity index (χ4n) is 2.83. The van der Waals surface area contributed by atoms with Crippen molar-refractivity contribution in [3.05, 3.63) is 29.8 Å². The van der Waals surface area contributed by atoms with Crippen molar-refractivity contribution < 1.29 is 8.42 Å². The van der Waals surface area contributed by atoms with Crippen molar-refractivity contribution in [1.82, 2.24) is 9.62 Å². The molecule has 126 valence electrons. The predicted octanol–water partition coefficient (Wildman–Crippen LogP) is 2.68. The molecule has 4 nitrogen and oxygen atoms in total. The lowest BCUT2D eigenvalue weighted by atomic mass is 9.95. The number of aryl methyl sites for hydroxylation is 1. The van der Waals surface area contributed by atoms with Crippen LogP contribution in [0, 0.1) is 5.92 Å². The van der Waals surface area contributed by atoms with Crippen molar-refractivity contribution in [2.45, 2.75) is 37.5 Å². The summed E-state index contributed by atoms with van der Waals surface area (Å²) in [5, 5.41) is 3.16. The molecule has 0 aromatic heterocycles. The van der Waals surface area contributed by atoms with E-state index in [4.69, 9.17) is 0 Å². The van der Waals surface area contributed by atoms with Gasteiger partial charge in [0.1, 0.15) is 0 Å². The molecule has 1 heterocycles. The van der Waals surface area contributed by atoms with Gasteiger partial charge in [0.15, 0.2) is 0 Å². The van der Waals surface area contributed by atoms with Gasteiger partial charge in [-0.25, -0.2) is 8.42 Å². The topological polar surface area (TPSA) is 49.4 Å². The zero-order valence-corrected chi connectivity index (χ0v) is 15.0. The Labute approximate surface area is 140 Å². The molecule has 1 aliphatic heterocycles. The summed E-state index contributed by atoms with van der Waals surface area (Å²) < 4.78 is 26.9. The van der Waals surface area contributed by atoms with Gasteiger partial charge >= 0.3 is 0 Å². The van der Waals surface area contributed by atoms with Gasteiger partial charge in [0, 0.05) is 13.1 Å². The van der Waals surface area contributed by atoms with Crippen molar-refractivity contribution >= 4 is 22.4 Å². The molecule has 0 radical (unpaired) electrons. The van der Waals surface area contributed by atoms with Crippen LogP contribution in [0.1, 0.15) is 31.7 Å². The molecule has 1 fully saturated rings. The number of hydrogen-bond donors (Lipinski definition) is 1. The molecule has 1 aromatic rings. The standard InChI is InChI=1S/C16H26N2O2S.ClH/c1-3-14-4-6-16(7-5-14)21(19,20)18-12-9-15(10-13-18)8-11-17-2;/h4-7,15,17H,3,8-13H2,1-2H3;1H. The Morgan fingerprint density at radius 3 is 2.27 bits per heavy atom. The van der Waals surface area contributed by atoms with E-state index in [0.29, 0.717) is 23.9 Å². The average molecular weight is 347 g/mol. The molecule has 6 heteroatoms. The van der Waals surface area contributed by atoms with Gasteiger partial charge in [-0.3, -0.25) is 0 Å². The lowest BCUT2D eigenvalue weighted by Crippen LogP contribution is -2.38. The number of nitrogens with zero attached hydrogens (tertiary/aromatic N) is 1. The summed E-state index contributed by atoms with van der Waals surface area (Å²) in [7, 11) is -1.36. The molecule has 22 heavy (non-hydrogen) atoms. The molecule has 0 bridgehead atoms. The molecule has 1 aromatic carbocycles. The van der Waals surface area contributed by atoms with Crippen LogP contribution >= 0.6 is 12.4 Å². The second-order valence-corrected chi connectivity index (χ2v) is 7.68. The molecular formula is C16H27ClN2O2S. The Morgan fingerprint density at radius 2 is 1.77 bits per heavy atom. The predicted molar refractivity (Wildman–Crippen MR) is 93.1 cm³/mol. The van der Waals surface area contributed by atoms with Crippen LogP contribution in [0.3, 0.4) is 0 Å². The van der Waals surface area contributed by atoms with E-state index in [2.05, 4.69) is 12.2 Å². The number of halogens is 1. The first kappa shape index (κ1) is 19.4. The van der Waals surface area contributed by atoms with Crippen LogP contribution in [-0.2, 0) is 16.4 Å². The Bertz CT molecular complexity index is 538. The van der Waals surface area contributed by atoms with E-state index < -0.39 is 10.0 Å². The van der Waals surface area contributed by atoms with Crippen LogP contribution in [0.5, 0.6) is 0 Å². The van der Waals surface area contributed by atoms with Gasteiger partial charge in [0.2, 0.25) is 10.0 Å². The maximum absolute atomic E-state index is 12.6. The second-order valence-electron chi connectivity index (χ2n) is 5.74. The van der Waals surface area contributed by atoms with Crippen molar-refractivity contribution in [1.29, 1.82) is 0 Å². The molecule has 0 atom stereocenters. The normalized spacial score (nSPS) is 17.2. The van der Waals surface area contributed by atoms with Crippen LogP contribution in [0.15, 0.2) is 29.2 Å². The molecule has 0 saturated carbocycles. The average Bonchev–Trinajstić information content (AvgIpc) is 2.53. The minimum Gasteiger partial charge on any atom is -0.320 e. The number of benzene rings is 1.